The molecular formula is C13H24N2O4. The molecule has 0 spiro atoms. The second-order valence-electron chi connectivity index (χ2n) is 5.63. The maximum atomic E-state index is 11.9. The first kappa shape index (κ1) is 15.6. The number of likely N-dealkylation sites (tertiary alicyclic amines) is 1. The molecule has 1 fully saturated rings. The highest BCUT2D eigenvalue weighted by atomic mass is 16.6. The Morgan fingerprint density at radius 3 is 2.63 bits per heavy atom. The summed E-state index contributed by atoms with van der Waals surface area (Å²) in [6.07, 6.45) is 0.926. The van der Waals surface area contributed by atoms with Crippen LogP contribution in [0.5, 0.6) is 0 Å². The van der Waals surface area contributed by atoms with Gasteiger partial charge in [-0.25, -0.2) is 9.59 Å². The Hall–Kier alpha value is -1.46. The topological polar surface area (TPSA) is 67.9 Å². The second-order valence-corrected chi connectivity index (χ2v) is 5.63. The minimum absolute atomic E-state index is 0.0691. The highest BCUT2D eigenvalue weighted by molar-refractivity contribution is 5.69. The van der Waals surface area contributed by atoms with Crippen molar-refractivity contribution in [2.75, 3.05) is 19.7 Å². The van der Waals surface area contributed by atoms with Crippen LogP contribution >= 0.6 is 0 Å². The molecule has 6 heteroatoms. The molecule has 19 heavy (non-hydrogen) atoms. The Morgan fingerprint density at radius 1 is 1.37 bits per heavy atom. The predicted octanol–water partition coefficient (Wildman–Crippen LogP) is 2.13. The van der Waals surface area contributed by atoms with Crippen LogP contribution < -0.4 is 5.32 Å². The molecule has 0 aliphatic carbocycles. The maximum Gasteiger partial charge on any atom is 0.410 e. The molecule has 1 aliphatic rings. The molecule has 0 aromatic carbocycles. The summed E-state index contributed by atoms with van der Waals surface area (Å²) in [5, 5.41) is 2.76. The zero-order valence-corrected chi connectivity index (χ0v) is 12.2. The van der Waals surface area contributed by atoms with Crippen LogP contribution in [0.15, 0.2) is 0 Å². The summed E-state index contributed by atoms with van der Waals surface area (Å²) in [6.45, 7) is 8.74. The van der Waals surface area contributed by atoms with Crippen molar-refractivity contribution in [2.24, 2.45) is 0 Å². The SMILES string of the molecule is CCOC(=O)N[C@H]1CCCN(C(=O)OC(C)(C)C)C1. The van der Waals surface area contributed by atoms with Crippen LogP contribution in [-0.4, -0.2) is 48.4 Å². The lowest BCUT2D eigenvalue weighted by atomic mass is 10.1. The molecule has 0 unspecified atom stereocenters. The van der Waals surface area contributed by atoms with E-state index in [2.05, 4.69) is 5.32 Å². The van der Waals surface area contributed by atoms with Gasteiger partial charge in [0.25, 0.3) is 0 Å². The van der Waals surface area contributed by atoms with Gasteiger partial charge >= 0.3 is 12.2 Å². The first-order valence-electron chi connectivity index (χ1n) is 6.73. The van der Waals surface area contributed by atoms with Crippen LogP contribution in [-0.2, 0) is 9.47 Å². The number of hydrogen-bond acceptors (Lipinski definition) is 4. The third kappa shape index (κ3) is 5.81. The molecule has 0 radical (unpaired) electrons. The van der Waals surface area contributed by atoms with Gasteiger partial charge in [0.15, 0.2) is 0 Å². The molecule has 1 heterocycles. The summed E-state index contributed by atoms with van der Waals surface area (Å²) in [5.74, 6) is 0. The minimum Gasteiger partial charge on any atom is -0.450 e. The van der Waals surface area contributed by atoms with E-state index in [9.17, 15) is 9.59 Å². The fourth-order valence-electron chi connectivity index (χ4n) is 1.93. The number of carbonyl (C=O) groups excluding carboxylic acids is 2. The normalized spacial score (nSPS) is 19.8. The van der Waals surface area contributed by atoms with Crippen LogP contribution in [0.25, 0.3) is 0 Å². The standard InChI is InChI=1S/C13H24N2O4/c1-5-18-11(16)14-10-7-6-8-15(9-10)12(17)19-13(2,3)4/h10H,5-9H2,1-4H3,(H,14,16)/t10-/m0/s1. The molecule has 110 valence electrons. The van der Waals surface area contributed by atoms with Gasteiger partial charge in [-0.3, -0.25) is 0 Å². The van der Waals surface area contributed by atoms with Gasteiger partial charge in [-0.15, -0.1) is 0 Å². The molecule has 1 atom stereocenters. The Kier molecular flexibility index (Phi) is 5.44. The van der Waals surface area contributed by atoms with Crippen molar-refractivity contribution in [3.63, 3.8) is 0 Å². The number of ether oxygens (including phenoxy) is 2. The molecule has 1 saturated heterocycles. The largest absolute Gasteiger partial charge is 0.450 e. The van der Waals surface area contributed by atoms with E-state index in [0.717, 1.165) is 12.8 Å². The number of rotatable bonds is 2. The molecule has 0 aromatic rings. The fraction of sp³-hybridized carbons (Fsp3) is 0.846. The summed E-state index contributed by atoms with van der Waals surface area (Å²) < 4.78 is 10.2. The lowest BCUT2D eigenvalue weighted by Crippen LogP contribution is -2.50. The molecule has 1 N–H and O–H groups in total. The number of piperidine rings is 1. The molecule has 0 bridgehead atoms. The van der Waals surface area contributed by atoms with Crippen molar-refractivity contribution in [1.29, 1.82) is 0 Å². The highest BCUT2D eigenvalue weighted by Gasteiger charge is 2.28. The van der Waals surface area contributed by atoms with E-state index in [4.69, 9.17) is 9.47 Å². The summed E-state index contributed by atoms with van der Waals surface area (Å²) in [7, 11) is 0. The number of nitrogens with zero attached hydrogens (tertiary/aromatic N) is 1. The third-order valence-electron chi connectivity index (χ3n) is 2.67. The van der Waals surface area contributed by atoms with Gasteiger partial charge in [0.05, 0.1) is 6.61 Å². The van der Waals surface area contributed by atoms with Gasteiger partial charge in [-0.05, 0) is 40.5 Å². The van der Waals surface area contributed by atoms with Crippen molar-refractivity contribution in [3.8, 4) is 0 Å². The van der Waals surface area contributed by atoms with Crippen LogP contribution in [0.4, 0.5) is 9.59 Å². The van der Waals surface area contributed by atoms with Crippen LogP contribution in [0.1, 0.15) is 40.5 Å². The van der Waals surface area contributed by atoms with Crippen molar-refractivity contribution in [1.82, 2.24) is 10.2 Å². The Morgan fingerprint density at radius 2 is 2.05 bits per heavy atom. The number of nitrogens with one attached hydrogen (secondary N) is 1. The van der Waals surface area contributed by atoms with Gasteiger partial charge in [-0.1, -0.05) is 0 Å². The number of carbonyl (C=O) groups is 2. The van der Waals surface area contributed by atoms with Gasteiger partial charge in [0.1, 0.15) is 5.60 Å². The molecular weight excluding hydrogens is 248 g/mol. The lowest BCUT2D eigenvalue weighted by molar-refractivity contribution is 0.0185. The molecule has 1 aliphatic heterocycles. The first-order chi connectivity index (χ1) is 8.81. The quantitative estimate of drug-likeness (QED) is 0.836. The number of alkyl carbamates (subject to hydrolysis) is 1. The lowest BCUT2D eigenvalue weighted by Gasteiger charge is -2.34. The van der Waals surface area contributed by atoms with E-state index < -0.39 is 11.7 Å². The average molecular weight is 272 g/mol. The molecule has 2 amide bonds. The Bertz CT molecular complexity index is 325. The molecule has 0 aromatic heterocycles. The minimum atomic E-state index is -0.501. The monoisotopic (exact) mass is 272 g/mol. The van der Waals surface area contributed by atoms with Gasteiger partial charge in [-0.2, -0.15) is 0 Å². The number of hydrogen-bond donors (Lipinski definition) is 1. The number of amides is 2. The van der Waals surface area contributed by atoms with E-state index >= 15 is 0 Å². The molecule has 0 saturated carbocycles. The zero-order chi connectivity index (χ0) is 14.5. The summed E-state index contributed by atoms with van der Waals surface area (Å²) in [5.41, 5.74) is -0.501. The van der Waals surface area contributed by atoms with Gasteiger partial charge in [0, 0.05) is 19.1 Å². The van der Waals surface area contributed by atoms with Crippen molar-refractivity contribution in [2.45, 2.75) is 52.2 Å². The maximum absolute atomic E-state index is 11.9. The Balaban J connectivity index is 2.45. The van der Waals surface area contributed by atoms with Crippen LogP contribution in [0, 0.1) is 0 Å². The van der Waals surface area contributed by atoms with Crippen LogP contribution in [0.3, 0.4) is 0 Å². The van der Waals surface area contributed by atoms with E-state index in [1.807, 2.05) is 20.8 Å². The van der Waals surface area contributed by atoms with E-state index in [-0.39, 0.29) is 12.1 Å². The first-order valence-corrected chi connectivity index (χ1v) is 6.73. The molecule has 6 nitrogen and oxygen atoms in total. The predicted molar refractivity (Wildman–Crippen MR) is 71.0 cm³/mol. The van der Waals surface area contributed by atoms with Crippen molar-refractivity contribution >= 4 is 12.2 Å². The molecule has 1 rings (SSSR count). The van der Waals surface area contributed by atoms with Crippen molar-refractivity contribution < 1.29 is 19.1 Å². The summed E-state index contributed by atoms with van der Waals surface area (Å²) in [6, 6.07) is -0.0691. The average Bonchev–Trinajstić information content (AvgIpc) is 2.27. The highest BCUT2D eigenvalue weighted by Crippen LogP contribution is 2.15. The van der Waals surface area contributed by atoms with Crippen molar-refractivity contribution in [3.05, 3.63) is 0 Å². The summed E-state index contributed by atoms with van der Waals surface area (Å²) >= 11 is 0. The van der Waals surface area contributed by atoms with E-state index in [1.165, 1.54) is 0 Å². The van der Waals surface area contributed by atoms with E-state index in [0.29, 0.717) is 19.7 Å². The smallest absolute Gasteiger partial charge is 0.410 e. The fourth-order valence-corrected chi connectivity index (χ4v) is 1.93. The third-order valence-corrected chi connectivity index (χ3v) is 2.67. The van der Waals surface area contributed by atoms with Crippen LogP contribution in [0.2, 0.25) is 0 Å². The Labute approximate surface area is 114 Å². The summed E-state index contributed by atoms with van der Waals surface area (Å²) in [4.78, 5) is 24.9. The van der Waals surface area contributed by atoms with Gasteiger partial charge < -0.3 is 19.7 Å². The van der Waals surface area contributed by atoms with Gasteiger partial charge in [0.2, 0.25) is 0 Å². The zero-order valence-electron chi connectivity index (χ0n) is 12.2. The second kappa shape index (κ2) is 6.63. The van der Waals surface area contributed by atoms with E-state index in [1.54, 1.807) is 11.8 Å².